The Hall–Kier alpha value is -2.25. The second-order valence-electron chi connectivity index (χ2n) is 7.98. The van der Waals surface area contributed by atoms with E-state index in [-0.39, 0.29) is 11.5 Å². The van der Waals surface area contributed by atoms with E-state index in [1.54, 1.807) is 6.07 Å². The molecule has 28 heavy (non-hydrogen) atoms. The molecule has 1 fully saturated rings. The van der Waals surface area contributed by atoms with Crippen LogP contribution in [0.25, 0.3) is 0 Å². The summed E-state index contributed by atoms with van der Waals surface area (Å²) in [5, 5.41) is 2.84. The summed E-state index contributed by atoms with van der Waals surface area (Å²) < 4.78 is 37.6. The number of benzene rings is 2. The molecule has 1 N–H and O–H groups in total. The van der Waals surface area contributed by atoms with Gasteiger partial charge in [0.1, 0.15) is 0 Å². The van der Waals surface area contributed by atoms with Gasteiger partial charge in [0, 0.05) is 16.8 Å². The zero-order chi connectivity index (χ0) is 20.7. The summed E-state index contributed by atoms with van der Waals surface area (Å²) in [6.07, 6.45) is -2.56. The second-order valence-corrected chi connectivity index (χ2v) is 7.98. The van der Waals surface area contributed by atoms with Crippen molar-refractivity contribution in [3.05, 3.63) is 59.2 Å². The number of carbonyl (C=O) groups excluding carboxylic acids is 1. The average molecular weight is 387 g/mol. The van der Waals surface area contributed by atoms with E-state index in [2.05, 4.69) is 5.32 Å². The van der Waals surface area contributed by atoms with Crippen molar-refractivity contribution < 1.29 is 22.9 Å². The van der Waals surface area contributed by atoms with Gasteiger partial charge in [0.2, 0.25) is 0 Å². The topological polar surface area (TPSA) is 47.6 Å². The van der Waals surface area contributed by atoms with E-state index in [9.17, 15) is 13.6 Å². The summed E-state index contributed by atoms with van der Waals surface area (Å²) in [4.78, 5) is 12.5. The first-order chi connectivity index (χ1) is 13.0. The van der Waals surface area contributed by atoms with Gasteiger partial charge in [0.05, 0.1) is 11.2 Å². The Morgan fingerprint density at radius 3 is 2.11 bits per heavy atom. The zero-order valence-corrected chi connectivity index (χ0v) is 16.7. The van der Waals surface area contributed by atoms with Crippen molar-refractivity contribution in [2.75, 3.05) is 5.32 Å². The van der Waals surface area contributed by atoms with Crippen LogP contribution < -0.4 is 10.8 Å². The highest BCUT2D eigenvalue weighted by Crippen LogP contribution is 2.37. The van der Waals surface area contributed by atoms with Crippen molar-refractivity contribution >= 4 is 24.2 Å². The van der Waals surface area contributed by atoms with E-state index in [1.165, 1.54) is 24.3 Å². The third-order valence-corrected chi connectivity index (χ3v) is 5.56. The van der Waals surface area contributed by atoms with E-state index >= 15 is 0 Å². The van der Waals surface area contributed by atoms with Crippen LogP contribution in [0.1, 0.15) is 55.6 Å². The van der Waals surface area contributed by atoms with Crippen molar-refractivity contribution in [2.45, 2.75) is 52.2 Å². The summed E-state index contributed by atoms with van der Waals surface area (Å²) in [6, 6.07) is 10.8. The molecule has 1 aliphatic rings. The number of hydrogen-bond donors (Lipinski definition) is 1. The molecule has 2 aromatic carbocycles. The third-order valence-electron chi connectivity index (χ3n) is 5.56. The fraction of sp³-hybridized carbons (Fsp3) is 0.381. The van der Waals surface area contributed by atoms with Crippen LogP contribution in [-0.4, -0.2) is 24.2 Å². The van der Waals surface area contributed by atoms with E-state index in [4.69, 9.17) is 9.31 Å². The third kappa shape index (κ3) is 3.82. The van der Waals surface area contributed by atoms with E-state index in [1.807, 2.05) is 46.8 Å². The van der Waals surface area contributed by atoms with Crippen LogP contribution in [0.5, 0.6) is 0 Å². The van der Waals surface area contributed by atoms with Gasteiger partial charge in [-0.2, -0.15) is 0 Å². The molecule has 0 spiro atoms. The number of amides is 1. The quantitative estimate of drug-likeness (QED) is 0.787. The zero-order valence-electron chi connectivity index (χ0n) is 16.7. The first-order valence-corrected chi connectivity index (χ1v) is 9.16. The number of alkyl halides is 2. The van der Waals surface area contributed by atoms with Gasteiger partial charge in [-0.1, -0.05) is 24.3 Å². The summed E-state index contributed by atoms with van der Waals surface area (Å²) in [6.45, 7) is 9.82. The lowest BCUT2D eigenvalue weighted by Crippen LogP contribution is -2.41. The van der Waals surface area contributed by atoms with Crippen LogP contribution in [0.4, 0.5) is 14.5 Å². The van der Waals surface area contributed by atoms with Crippen LogP contribution in [0.15, 0.2) is 42.5 Å². The van der Waals surface area contributed by atoms with Crippen molar-refractivity contribution in [1.82, 2.24) is 0 Å². The molecule has 1 heterocycles. The Bertz CT molecular complexity index is 866. The first kappa shape index (κ1) is 20.5. The monoisotopic (exact) mass is 387 g/mol. The van der Waals surface area contributed by atoms with E-state index in [0.29, 0.717) is 11.3 Å². The number of halogens is 2. The predicted octanol–water partition coefficient (Wildman–Crippen LogP) is 4.48. The van der Waals surface area contributed by atoms with Crippen LogP contribution in [0.3, 0.4) is 0 Å². The molecule has 0 aliphatic carbocycles. The minimum absolute atomic E-state index is 0.115. The lowest BCUT2D eigenvalue weighted by Gasteiger charge is -2.32. The minimum atomic E-state index is -2.56. The SMILES string of the molecule is Cc1c(NC(=O)c2ccc(C(F)F)cc2)cccc1B1OC(C)(C)C(C)(C)O1. The van der Waals surface area contributed by atoms with E-state index in [0.717, 1.165) is 11.0 Å². The van der Waals surface area contributed by atoms with Crippen LogP contribution in [0, 0.1) is 6.92 Å². The Kier molecular flexibility index (Phi) is 5.34. The molecule has 0 radical (unpaired) electrons. The molecule has 0 saturated carbocycles. The highest BCUT2D eigenvalue weighted by Gasteiger charge is 2.52. The van der Waals surface area contributed by atoms with Gasteiger partial charge in [-0.15, -0.1) is 0 Å². The normalized spacial score (nSPS) is 17.8. The summed E-state index contributed by atoms with van der Waals surface area (Å²) in [5.74, 6) is -0.366. The fourth-order valence-electron chi connectivity index (χ4n) is 2.99. The molecular weight excluding hydrogens is 363 g/mol. The number of rotatable bonds is 4. The van der Waals surface area contributed by atoms with Crippen LogP contribution in [-0.2, 0) is 9.31 Å². The maximum Gasteiger partial charge on any atom is 0.495 e. The number of hydrogen-bond acceptors (Lipinski definition) is 3. The lowest BCUT2D eigenvalue weighted by molar-refractivity contribution is 0.00578. The number of anilines is 1. The van der Waals surface area contributed by atoms with Crippen molar-refractivity contribution in [3.8, 4) is 0 Å². The standard InChI is InChI=1S/C21H24BF2NO3/c1-13-16(22-27-20(2,3)21(4,5)28-22)7-6-8-17(13)25-19(26)15-11-9-14(10-12-15)18(23)24/h6-12,18H,1-5H3,(H,25,26). The van der Waals surface area contributed by atoms with Gasteiger partial charge in [-0.25, -0.2) is 8.78 Å². The molecule has 1 saturated heterocycles. The number of carbonyl (C=O) groups is 1. The largest absolute Gasteiger partial charge is 0.495 e. The van der Waals surface area contributed by atoms with Gasteiger partial charge in [0.25, 0.3) is 12.3 Å². The number of nitrogens with one attached hydrogen (secondary N) is 1. The van der Waals surface area contributed by atoms with Gasteiger partial charge in [-0.3, -0.25) is 4.79 Å². The van der Waals surface area contributed by atoms with Gasteiger partial charge in [0.15, 0.2) is 0 Å². The molecular formula is C21H24BF2NO3. The molecule has 0 aromatic heterocycles. The Balaban J connectivity index is 1.81. The van der Waals surface area contributed by atoms with E-state index < -0.39 is 24.7 Å². The summed E-state index contributed by atoms with van der Waals surface area (Å²) in [5.41, 5.74) is 1.56. The lowest BCUT2D eigenvalue weighted by atomic mass is 9.76. The molecule has 4 nitrogen and oxygen atoms in total. The second kappa shape index (κ2) is 7.30. The van der Waals surface area contributed by atoms with Gasteiger partial charge in [-0.05, 0) is 63.8 Å². The fourth-order valence-corrected chi connectivity index (χ4v) is 2.99. The highest BCUT2D eigenvalue weighted by molar-refractivity contribution is 6.62. The Morgan fingerprint density at radius 2 is 1.57 bits per heavy atom. The van der Waals surface area contributed by atoms with Crippen LogP contribution in [0.2, 0.25) is 0 Å². The highest BCUT2D eigenvalue weighted by atomic mass is 19.3. The van der Waals surface area contributed by atoms with Crippen molar-refractivity contribution in [3.63, 3.8) is 0 Å². The van der Waals surface area contributed by atoms with Gasteiger partial charge >= 0.3 is 7.12 Å². The van der Waals surface area contributed by atoms with Crippen molar-refractivity contribution in [2.24, 2.45) is 0 Å². The maximum atomic E-state index is 12.7. The Labute approximate surface area is 164 Å². The minimum Gasteiger partial charge on any atom is -0.399 e. The average Bonchev–Trinajstić information content (AvgIpc) is 2.84. The maximum absolute atomic E-state index is 12.7. The Morgan fingerprint density at radius 1 is 1.00 bits per heavy atom. The van der Waals surface area contributed by atoms with Crippen LogP contribution >= 0.6 is 0 Å². The smallest absolute Gasteiger partial charge is 0.399 e. The van der Waals surface area contributed by atoms with Crippen molar-refractivity contribution in [1.29, 1.82) is 0 Å². The molecule has 0 bridgehead atoms. The summed E-state index contributed by atoms with van der Waals surface area (Å²) in [7, 11) is -0.535. The molecule has 1 aliphatic heterocycles. The predicted molar refractivity (Wildman–Crippen MR) is 106 cm³/mol. The molecule has 0 unspecified atom stereocenters. The molecule has 7 heteroatoms. The molecule has 2 aromatic rings. The summed E-state index contributed by atoms with van der Waals surface area (Å²) >= 11 is 0. The van der Waals surface area contributed by atoms with Gasteiger partial charge < -0.3 is 14.6 Å². The first-order valence-electron chi connectivity index (χ1n) is 9.16. The molecule has 3 rings (SSSR count). The molecule has 1 amide bonds. The molecule has 148 valence electrons. The molecule has 0 atom stereocenters.